The van der Waals surface area contributed by atoms with Crippen LogP contribution in [0.5, 0.6) is 0 Å². The number of nitrogens with zero attached hydrogens (tertiary/aromatic N) is 2. The predicted octanol–water partition coefficient (Wildman–Crippen LogP) is 4.57. The van der Waals surface area contributed by atoms with Crippen molar-refractivity contribution in [3.8, 4) is 11.3 Å². The number of carbonyl (C=O) groups excluding carboxylic acids is 1. The molecule has 1 amide bonds. The number of nitro groups is 1. The fourth-order valence-corrected chi connectivity index (χ4v) is 2.46. The quantitative estimate of drug-likeness (QED) is 0.509. The highest BCUT2D eigenvalue weighted by Gasteiger charge is 2.19. The van der Waals surface area contributed by atoms with Crippen molar-refractivity contribution in [1.29, 1.82) is 0 Å². The topological polar surface area (TPSA) is 98.3 Å². The molecule has 3 aromatic rings. The second kappa shape index (κ2) is 6.86. The Morgan fingerprint density at radius 2 is 1.96 bits per heavy atom. The van der Waals surface area contributed by atoms with Gasteiger partial charge in [0, 0.05) is 10.5 Å². The minimum Gasteiger partial charge on any atom is -0.451 e. The molecule has 0 radical (unpaired) electrons. The van der Waals surface area contributed by atoms with E-state index in [-0.39, 0.29) is 17.2 Å². The molecule has 7 nitrogen and oxygen atoms in total. The van der Waals surface area contributed by atoms with Crippen LogP contribution in [0.2, 0.25) is 0 Å². The fourth-order valence-electron chi connectivity index (χ4n) is 2.24. The second-order valence-electron chi connectivity index (χ2n) is 5.16. The van der Waals surface area contributed by atoms with Gasteiger partial charge in [-0.2, -0.15) is 0 Å². The molecule has 0 spiro atoms. The Bertz CT molecular complexity index is 968. The number of nitro benzene ring substituents is 1. The molecule has 0 saturated heterocycles. The van der Waals surface area contributed by atoms with Crippen LogP contribution in [0.25, 0.3) is 11.3 Å². The molecule has 0 saturated carbocycles. The van der Waals surface area contributed by atoms with E-state index in [1.54, 1.807) is 37.3 Å². The highest BCUT2D eigenvalue weighted by atomic mass is 79.9. The maximum atomic E-state index is 12.3. The molecule has 0 unspecified atom stereocenters. The van der Waals surface area contributed by atoms with Gasteiger partial charge in [0.2, 0.25) is 0 Å². The number of furan rings is 1. The van der Waals surface area contributed by atoms with Crippen LogP contribution in [-0.2, 0) is 0 Å². The molecule has 8 heteroatoms. The minimum atomic E-state index is -0.494. The van der Waals surface area contributed by atoms with E-state index in [1.807, 2.05) is 0 Å². The van der Waals surface area contributed by atoms with Crippen molar-refractivity contribution in [2.45, 2.75) is 6.92 Å². The Kier molecular flexibility index (Phi) is 4.62. The molecule has 1 aromatic carbocycles. The molecule has 0 atom stereocenters. The molecule has 25 heavy (non-hydrogen) atoms. The van der Waals surface area contributed by atoms with Gasteiger partial charge in [-0.25, -0.2) is 4.98 Å². The Labute approximate surface area is 151 Å². The Morgan fingerprint density at radius 1 is 1.20 bits per heavy atom. The predicted molar refractivity (Wildman–Crippen MR) is 95.4 cm³/mol. The number of hydrogen-bond acceptors (Lipinski definition) is 5. The van der Waals surface area contributed by atoms with Crippen molar-refractivity contribution >= 4 is 33.3 Å². The summed E-state index contributed by atoms with van der Waals surface area (Å²) in [7, 11) is 0. The van der Waals surface area contributed by atoms with Crippen LogP contribution in [0, 0.1) is 17.0 Å². The van der Waals surface area contributed by atoms with Crippen LogP contribution >= 0.6 is 15.9 Å². The molecule has 0 aliphatic carbocycles. The van der Waals surface area contributed by atoms with Gasteiger partial charge in [-0.05, 0) is 53.2 Å². The first-order valence-electron chi connectivity index (χ1n) is 7.24. The molecule has 2 heterocycles. The van der Waals surface area contributed by atoms with Gasteiger partial charge in [-0.15, -0.1) is 0 Å². The highest BCUT2D eigenvalue weighted by molar-refractivity contribution is 9.10. The number of pyridine rings is 1. The zero-order chi connectivity index (χ0) is 18.0. The lowest BCUT2D eigenvalue weighted by atomic mass is 10.1. The first-order chi connectivity index (χ1) is 12.0. The molecular formula is C17H12BrN3O4. The van der Waals surface area contributed by atoms with Crippen LogP contribution in [0.4, 0.5) is 11.5 Å². The monoisotopic (exact) mass is 401 g/mol. The Morgan fingerprint density at radius 3 is 2.68 bits per heavy atom. The number of anilines is 1. The zero-order valence-electron chi connectivity index (χ0n) is 13.0. The molecule has 2 aromatic heterocycles. The lowest BCUT2D eigenvalue weighted by molar-refractivity contribution is -0.384. The van der Waals surface area contributed by atoms with Crippen molar-refractivity contribution in [3.05, 3.63) is 74.6 Å². The number of benzene rings is 1. The summed E-state index contributed by atoms with van der Waals surface area (Å²) in [6, 6.07) is 12.6. The number of aryl methyl sites for hydroxylation is 1. The van der Waals surface area contributed by atoms with Crippen molar-refractivity contribution < 1.29 is 14.1 Å². The number of nitrogens with one attached hydrogen (secondary N) is 1. The first-order valence-corrected chi connectivity index (χ1v) is 8.03. The summed E-state index contributed by atoms with van der Waals surface area (Å²) in [5.41, 5.74) is 0.955. The van der Waals surface area contributed by atoms with E-state index in [4.69, 9.17) is 4.42 Å². The van der Waals surface area contributed by atoms with Gasteiger partial charge in [-0.1, -0.05) is 12.1 Å². The van der Waals surface area contributed by atoms with Gasteiger partial charge in [0.05, 0.1) is 16.2 Å². The SMILES string of the molecule is Cc1nc(NC(=O)c2ccc(-c3ccccc3[N+](=O)[O-])o2)ccc1Br. The number of halogens is 1. The summed E-state index contributed by atoms with van der Waals surface area (Å²) in [5.74, 6) is 0.182. The third kappa shape index (κ3) is 3.58. The van der Waals surface area contributed by atoms with Gasteiger partial charge in [-0.3, -0.25) is 14.9 Å². The molecular weight excluding hydrogens is 390 g/mol. The number of aromatic nitrogens is 1. The largest absolute Gasteiger partial charge is 0.451 e. The number of amides is 1. The maximum Gasteiger partial charge on any atom is 0.292 e. The van der Waals surface area contributed by atoms with Crippen molar-refractivity contribution in [1.82, 2.24) is 4.98 Å². The maximum absolute atomic E-state index is 12.3. The second-order valence-corrected chi connectivity index (χ2v) is 6.01. The van der Waals surface area contributed by atoms with E-state index in [2.05, 4.69) is 26.2 Å². The third-order valence-electron chi connectivity index (χ3n) is 3.46. The number of carbonyl (C=O) groups is 1. The molecule has 0 fully saturated rings. The molecule has 1 N–H and O–H groups in total. The van der Waals surface area contributed by atoms with E-state index in [1.165, 1.54) is 18.2 Å². The molecule has 0 bridgehead atoms. The third-order valence-corrected chi connectivity index (χ3v) is 4.30. The number of para-hydroxylation sites is 1. The van der Waals surface area contributed by atoms with E-state index >= 15 is 0 Å². The summed E-state index contributed by atoms with van der Waals surface area (Å²) < 4.78 is 6.33. The first kappa shape index (κ1) is 16.8. The Hall–Kier alpha value is -3.00. The van der Waals surface area contributed by atoms with Crippen LogP contribution in [0.3, 0.4) is 0 Å². The van der Waals surface area contributed by atoms with Crippen LogP contribution in [0.1, 0.15) is 16.2 Å². The van der Waals surface area contributed by atoms with Gasteiger partial charge in [0.25, 0.3) is 11.6 Å². The average Bonchev–Trinajstić information content (AvgIpc) is 3.08. The minimum absolute atomic E-state index is 0.0375. The van der Waals surface area contributed by atoms with Gasteiger partial charge in [0.1, 0.15) is 11.6 Å². The van der Waals surface area contributed by atoms with Gasteiger partial charge < -0.3 is 9.73 Å². The molecule has 0 aliphatic rings. The molecule has 3 rings (SSSR count). The van der Waals surface area contributed by atoms with Crippen molar-refractivity contribution in [3.63, 3.8) is 0 Å². The summed E-state index contributed by atoms with van der Waals surface area (Å²) in [4.78, 5) is 27.1. The summed E-state index contributed by atoms with van der Waals surface area (Å²) in [6.45, 7) is 1.80. The zero-order valence-corrected chi connectivity index (χ0v) is 14.6. The standard InChI is InChI=1S/C17H12BrN3O4/c1-10-12(18)6-9-16(19-10)20-17(22)15-8-7-14(25-15)11-4-2-3-5-13(11)21(23)24/h2-9H,1H3,(H,19,20,22). The van der Waals surface area contributed by atoms with Crippen LogP contribution in [-0.4, -0.2) is 15.8 Å². The van der Waals surface area contributed by atoms with Crippen LogP contribution < -0.4 is 5.32 Å². The summed E-state index contributed by atoms with van der Waals surface area (Å²) >= 11 is 3.34. The summed E-state index contributed by atoms with van der Waals surface area (Å²) in [6.07, 6.45) is 0. The Balaban J connectivity index is 1.85. The number of hydrogen-bond donors (Lipinski definition) is 1. The van der Waals surface area contributed by atoms with Gasteiger partial charge >= 0.3 is 0 Å². The van der Waals surface area contributed by atoms with Gasteiger partial charge in [0.15, 0.2) is 5.76 Å². The van der Waals surface area contributed by atoms with Crippen molar-refractivity contribution in [2.24, 2.45) is 0 Å². The van der Waals surface area contributed by atoms with E-state index in [0.29, 0.717) is 11.4 Å². The molecule has 126 valence electrons. The summed E-state index contributed by atoms with van der Waals surface area (Å²) in [5, 5.41) is 13.7. The van der Waals surface area contributed by atoms with Crippen LogP contribution in [0.15, 0.2) is 57.4 Å². The van der Waals surface area contributed by atoms with E-state index in [0.717, 1.165) is 10.2 Å². The smallest absolute Gasteiger partial charge is 0.292 e. The number of rotatable bonds is 4. The molecule has 0 aliphatic heterocycles. The highest BCUT2D eigenvalue weighted by Crippen LogP contribution is 2.31. The lowest BCUT2D eigenvalue weighted by Gasteiger charge is -2.04. The lowest BCUT2D eigenvalue weighted by Crippen LogP contribution is -2.12. The van der Waals surface area contributed by atoms with E-state index in [9.17, 15) is 14.9 Å². The average molecular weight is 402 g/mol. The van der Waals surface area contributed by atoms with Crippen molar-refractivity contribution in [2.75, 3.05) is 5.32 Å². The fraction of sp³-hybridized carbons (Fsp3) is 0.0588. The normalized spacial score (nSPS) is 10.5. The van der Waals surface area contributed by atoms with E-state index < -0.39 is 10.8 Å².